The number of anilines is 1. The van der Waals surface area contributed by atoms with Gasteiger partial charge in [-0.15, -0.1) is 9.24 Å². The SMILES string of the molecule is C=CC(=C\P)/C=C(CCC)/C(Nc1ccc(Cl)cc1Cl)=C(C)/C(=C/CC)C(=O)NN1CCCCC1. The molecule has 1 unspecified atom stereocenters. The summed E-state index contributed by atoms with van der Waals surface area (Å²) in [7, 11) is 2.63. The zero-order valence-corrected chi connectivity index (χ0v) is 23.8. The number of carbonyl (C=O) groups excluding carboxylic acids is 1. The molecule has 4 nitrogen and oxygen atoms in total. The highest BCUT2D eigenvalue weighted by Crippen LogP contribution is 2.32. The molecule has 1 aliphatic rings. The van der Waals surface area contributed by atoms with Crippen LogP contribution in [0.25, 0.3) is 0 Å². The molecule has 190 valence electrons. The Hall–Kier alpha value is -1.84. The van der Waals surface area contributed by atoms with Crippen LogP contribution < -0.4 is 10.7 Å². The lowest BCUT2D eigenvalue weighted by Gasteiger charge is -2.28. The molecular weight excluding hydrogens is 496 g/mol. The van der Waals surface area contributed by atoms with E-state index < -0.39 is 0 Å². The van der Waals surface area contributed by atoms with Crippen LogP contribution in [-0.4, -0.2) is 24.0 Å². The molecule has 1 heterocycles. The van der Waals surface area contributed by atoms with Crippen molar-refractivity contribution >= 4 is 44.0 Å². The van der Waals surface area contributed by atoms with Gasteiger partial charge in [-0.05, 0) is 73.6 Å². The molecule has 1 aromatic rings. The number of hydrazine groups is 1. The minimum absolute atomic E-state index is 0.0888. The Kier molecular flexibility index (Phi) is 12.9. The van der Waals surface area contributed by atoms with E-state index in [0.717, 1.165) is 73.3 Å². The first-order valence-electron chi connectivity index (χ1n) is 12.3. The van der Waals surface area contributed by atoms with E-state index in [1.165, 1.54) is 6.42 Å². The smallest absolute Gasteiger partial charge is 0.265 e. The highest BCUT2D eigenvalue weighted by Gasteiger charge is 2.21. The number of allylic oxidation sites excluding steroid dienone is 5. The lowest BCUT2D eigenvalue weighted by molar-refractivity contribution is -0.122. The van der Waals surface area contributed by atoms with Crippen LogP contribution in [-0.2, 0) is 4.79 Å². The molecule has 1 aliphatic heterocycles. The van der Waals surface area contributed by atoms with Gasteiger partial charge in [-0.1, -0.05) is 74.4 Å². The van der Waals surface area contributed by atoms with Crippen molar-refractivity contribution in [2.75, 3.05) is 18.4 Å². The molecule has 2 N–H and O–H groups in total. The number of hydrogen-bond acceptors (Lipinski definition) is 3. The van der Waals surface area contributed by atoms with Crippen molar-refractivity contribution in [3.63, 3.8) is 0 Å². The fourth-order valence-electron chi connectivity index (χ4n) is 4.02. The van der Waals surface area contributed by atoms with E-state index in [1.807, 2.05) is 42.9 Å². The van der Waals surface area contributed by atoms with Gasteiger partial charge in [0.25, 0.3) is 5.91 Å². The number of hydrogen-bond donors (Lipinski definition) is 2. The van der Waals surface area contributed by atoms with Gasteiger partial charge in [-0.25, -0.2) is 5.01 Å². The van der Waals surface area contributed by atoms with Crippen molar-refractivity contribution in [1.29, 1.82) is 0 Å². The van der Waals surface area contributed by atoms with Crippen LogP contribution in [0.4, 0.5) is 5.69 Å². The molecule has 0 aromatic heterocycles. The summed E-state index contributed by atoms with van der Waals surface area (Å²) in [5, 5.41) is 6.64. The van der Waals surface area contributed by atoms with E-state index in [2.05, 4.69) is 39.6 Å². The van der Waals surface area contributed by atoms with E-state index >= 15 is 0 Å². The molecule has 0 bridgehead atoms. The lowest BCUT2D eigenvalue weighted by Crippen LogP contribution is -2.45. The van der Waals surface area contributed by atoms with E-state index in [0.29, 0.717) is 15.6 Å². The lowest BCUT2D eigenvalue weighted by atomic mass is 9.95. The van der Waals surface area contributed by atoms with Crippen LogP contribution in [0.15, 0.2) is 76.8 Å². The summed E-state index contributed by atoms with van der Waals surface area (Å²) < 4.78 is 0. The van der Waals surface area contributed by atoms with Gasteiger partial charge in [0.05, 0.1) is 10.7 Å². The molecule has 1 saturated heterocycles. The molecule has 1 fully saturated rings. The van der Waals surface area contributed by atoms with Crippen molar-refractivity contribution in [3.8, 4) is 0 Å². The number of rotatable bonds is 11. The minimum atomic E-state index is -0.0888. The average molecular weight is 535 g/mol. The molecule has 7 heteroatoms. The molecule has 2 rings (SSSR count). The number of halogens is 2. The zero-order valence-electron chi connectivity index (χ0n) is 21.1. The number of benzene rings is 1. The Morgan fingerprint density at radius 2 is 1.91 bits per heavy atom. The topological polar surface area (TPSA) is 44.4 Å². The molecule has 1 aromatic carbocycles. The van der Waals surface area contributed by atoms with Crippen LogP contribution in [0, 0.1) is 0 Å². The normalized spacial score (nSPS) is 16.6. The second-order valence-electron chi connectivity index (χ2n) is 8.55. The van der Waals surface area contributed by atoms with Crippen molar-refractivity contribution < 1.29 is 4.79 Å². The van der Waals surface area contributed by atoms with E-state index in [9.17, 15) is 4.79 Å². The fourth-order valence-corrected chi connectivity index (χ4v) is 4.71. The number of amides is 1. The molecule has 35 heavy (non-hydrogen) atoms. The monoisotopic (exact) mass is 533 g/mol. The summed E-state index contributed by atoms with van der Waals surface area (Å²) in [5.41, 5.74) is 8.28. The third-order valence-electron chi connectivity index (χ3n) is 5.85. The van der Waals surface area contributed by atoms with E-state index in [4.69, 9.17) is 23.2 Å². The maximum absolute atomic E-state index is 13.4. The van der Waals surface area contributed by atoms with Gasteiger partial charge >= 0.3 is 0 Å². The van der Waals surface area contributed by atoms with Gasteiger partial charge < -0.3 is 5.32 Å². The Morgan fingerprint density at radius 3 is 2.49 bits per heavy atom. The summed E-state index contributed by atoms with van der Waals surface area (Å²) in [4.78, 5) is 13.4. The fraction of sp³-hybridized carbons (Fsp3) is 0.393. The number of carbonyl (C=O) groups is 1. The Labute approximate surface area is 223 Å². The van der Waals surface area contributed by atoms with Gasteiger partial charge in [0.2, 0.25) is 0 Å². The summed E-state index contributed by atoms with van der Waals surface area (Å²) in [6.45, 7) is 11.9. The molecule has 0 spiro atoms. The average Bonchev–Trinajstić information content (AvgIpc) is 2.85. The largest absolute Gasteiger partial charge is 0.354 e. The maximum atomic E-state index is 13.4. The minimum Gasteiger partial charge on any atom is -0.354 e. The molecule has 0 aliphatic carbocycles. The van der Waals surface area contributed by atoms with Gasteiger partial charge in [0, 0.05) is 29.4 Å². The molecule has 1 amide bonds. The van der Waals surface area contributed by atoms with Crippen LogP contribution in [0.3, 0.4) is 0 Å². The van der Waals surface area contributed by atoms with Gasteiger partial charge in [-0.2, -0.15) is 0 Å². The molecule has 0 saturated carbocycles. The molecular formula is C28H38Cl2N3OP. The predicted octanol–water partition coefficient (Wildman–Crippen LogP) is 8.20. The van der Waals surface area contributed by atoms with Crippen molar-refractivity contribution in [1.82, 2.24) is 10.4 Å². The van der Waals surface area contributed by atoms with Crippen LogP contribution >= 0.6 is 32.4 Å². The second kappa shape index (κ2) is 15.3. The van der Waals surface area contributed by atoms with Gasteiger partial charge in [0.15, 0.2) is 0 Å². The van der Waals surface area contributed by atoms with Gasteiger partial charge in [-0.3, -0.25) is 10.2 Å². The van der Waals surface area contributed by atoms with Crippen LogP contribution in [0.5, 0.6) is 0 Å². The van der Waals surface area contributed by atoms with Crippen molar-refractivity contribution in [2.45, 2.75) is 59.3 Å². The number of nitrogens with zero attached hydrogens (tertiary/aromatic N) is 1. The summed E-state index contributed by atoms with van der Waals surface area (Å²) in [6.07, 6.45) is 11.8. The predicted molar refractivity (Wildman–Crippen MR) is 156 cm³/mol. The quantitative estimate of drug-likeness (QED) is 0.171. The summed E-state index contributed by atoms with van der Waals surface area (Å²) in [5.74, 6) is 1.85. The molecule has 1 atom stereocenters. The molecule has 0 radical (unpaired) electrons. The zero-order chi connectivity index (χ0) is 25.8. The van der Waals surface area contributed by atoms with E-state index in [1.54, 1.807) is 12.1 Å². The first-order chi connectivity index (χ1) is 16.8. The van der Waals surface area contributed by atoms with Crippen molar-refractivity contribution in [3.05, 3.63) is 86.9 Å². The van der Waals surface area contributed by atoms with Crippen LogP contribution in [0.1, 0.15) is 59.3 Å². The summed E-state index contributed by atoms with van der Waals surface area (Å²) in [6, 6.07) is 5.37. The van der Waals surface area contributed by atoms with E-state index in [-0.39, 0.29) is 5.91 Å². The second-order valence-corrected chi connectivity index (χ2v) is 9.73. The Balaban J connectivity index is 2.62. The third-order valence-corrected chi connectivity index (χ3v) is 6.78. The maximum Gasteiger partial charge on any atom is 0.265 e. The van der Waals surface area contributed by atoms with Gasteiger partial charge in [0.1, 0.15) is 0 Å². The Morgan fingerprint density at radius 1 is 1.20 bits per heavy atom. The number of nitrogens with one attached hydrogen (secondary N) is 2. The Bertz CT molecular complexity index is 1020. The number of piperidine rings is 1. The third kappa shape index (κ3) is 8.95. The highest BCUT2D eigenvalue weighted by molar-refractivity contribution is 7.20. The summed E-state index contributed by atoms with van der Waals surface area (Å²) >= 11 is 12.7. The van der Waals surface area contributed by atoms with Crippen molar-refractivity contribution in [2.24, 2.45) is 0 Å². The standard InChI is InChI=1S/C28H38Cl2N3OP/c1-5-11-22(17-21(7-3)19-35)27(31-26-14-13-23(29)18-25(26)30)20(4)24(12-6-2)28(34)32-33-15-9-8-10-16-33/h7,12-14,17-19,31H,3,5-6,8-11,15-16,35H2,1-2,4H3,(H,32,34)/b21-19+,22-17+,24-12-,27-20-. The first kappa shape index (κ1) is 29.4. The van der Waals surface area contributed by atoms with Crippen LogP contribution in [0.2, 0.25) is 10.0 Å². The highest BCUT2D eigenvalue weighted by atomic mass is 35.5. The first-order valence-corrected chi connectivity index (χ1v) is 13.7.